The average molecular weight is 244 g/mol. The summed E-state index contributed by atoms with van der Waals surface area (Å²) in [7, 11) is 0. The Morgan fingerprint density at radius 2 is 2.17 bits per heavy atom. The van der Waals surface area contributed by atoms with Crippen LogP contribution in [0.5, 0.6) is 0 Å². The lowest BCUT2D eigenvalue weighted by atomic mass is 9.93. The maximum absolute atomic E-state index is 11.1. The van der Waals surface area contributed by atoms with Gasteiger partial charge in [0.15, 0.2) is 0 Å². The maximum Gasteiger partial charge on any atom is 0.337 e. The van der Waals surface area contributed by atoms with E-state index in [4.69, 9.17) is 5.11 Å². The SMILES string of the molecule is Cc1cn(C2CCC2)c2ncc(C(=O)O)c(C)c12. The quantitative estimate of drug-likeness (QED) is 0.883. The third kappa shape index (κ3) is 1.45. The molecule has 1 saturated carbocycles. The summed E-state index contributed by atoms with van der Waals surface area (Å²) in [4.78, 5) is 15.5. The molecule has 18 heavy (non-hydrogen) atoms. The van der Waals surface area contributed by atoms with Crippen LogP contribution in [-0.2, 0) is 0 Å². The Morgan fingerprint density at radius 3 is 2.72 bits per heavy atom. The Hall–Kier alpha value is -1.84. The molecule has 0 spiro atoms. The number of carboxylic acids is 1. The number of aromatic nitrogens is 2. The van der Waals surface area contributed by atoms with Gasteiger partial charge in [0.05, 0.1) is 5.56 Å². The van der Waals surface area contributed by atoms with Gasteiger partial charge in [-0.1, -0.05) is 0 Å². The molecule has 1 fully saturated rings. The summed E-state index contributed by atoms with van der Waals surface area (Å²) in [5.41, 5.74) is 3.17. The summed E-state index contributed by atoms with van der Waals surface area (Å²) in [6, 6.07) is 0.545. The van der Waals surface area contributed by atoms with Gasteiger partial charge < -0.3 is 9.67 Å². The van der Waals surface area contributed by atoms with Crippen LogP contribution in [0.25, 0.3) is 11.0 Å². The predicted octanol–water partition coefficient (Wildman–Crippen LogP) is 3.08. The van der Waals surface area contributed by atoms with Gasteiger partial charge in [0, 0.05) is 23.8 Å². The Kier molecular flexibility index (Phi) is 2.40. The first-order valence-electron chi connectivity index (χ1n) is 6.29. The molecule has 0 aromatic carbocycles. The van der Waals surface area contributed by atoms with E-state index in [0.717, 1.165) is 22.2 Å². The molecule has 0 unspecified atom stereocenters. The normalized spacial score (nSPS) is 15.9. The van der Waals surface area contributed by atoms with Crippen LogP contribution < -0.4 is 0 Å². The highest BCUT2D eigenvalue weighted by atomic mass is 16.4. The summed E-state index contributed by atoms with van der Waals surface area (Å²) < 4.78 is 2.22. The van der Waals surface area contributed by atoms with Crippen molar-refractivity contribution in [3.8, 4) is 0 Å². The first-order chi connectivity index (χ1) is 8.59. The number of fused-ring (bicyclic) bond motifs is 1. The van der Waals surface area contributed by atoms with Crippen LogP contribution in [0.1, 0.15) is 46.8 Å². The van der Waals surface area contributed by atoms with Crippen molar-refractivity contribution in [3.63, 3.8) is 0 Å². The molecule has 0 saturated heterocycles. The van der Waals surface area contributed by atoms with Gasteiger partial charge in [-0.3, -0.25) is 0 Å². The maximum atomic E-state index is 11.1. The van der Waals surface area contributed by atoms with Crippen LogP contribution in [0.4, 0.5) is 0 Å². The Morgan fingerprint density at radius 1 is 1.44 bits per heavy atom. The molecule has 0 bridgehead atoms. The van der Waals surface area contributed by atoms with E-state index in [9.17, 15) is 4.79 Å². The third-order valence-electron chi connectivity index (χ3n) is 3.99. The molecule has 2 aromatic heterocycles. The molecule has 2 aromatic rings. The van der Waals surface area contributed by atoms with E-state index in [1.54, 1.807) is 0 Å². The molecule has 0 atom stereocenters. The summed E-state index contributed by atoms with van der Waals surface area (Å²) in [6.07, 6.45) is 7.26. The number of hydrogen-bond acceptors (Lipinski definition) is 2. The van der Waals surface area contributed by atoms with Crippen molar-refractivity contribution in [1.29, 1.82) is 0 Å². The fraction of sp³-hybridized carbons (Fsp3) is 0.429. The van der Waals surface area contributed by atoms with E-state index in [-0.39, 0.29) is 0 Å². The number of rotatable bonds is 2. The van der Waals surface area contributed by atoms with Crippen LogP contribution in [0, 0.1) is 13.8 Å². The van der Waals surface area contributed by atoms with Gasteiger partial charge >= 0.3 is 5.97 Å². The zero-order chi connectivity index (χ0) is 12.9. The van der Waals surface area contributed by atoms with Crippen LogP contribution in [0.15, 0.2) is 12.4 Å². The highest BCUT2D eigenvalue weighted by Gasteiger charge is 2.23. The lowest BCUT2D eigenvalue weighted by molar-refractivity contribution is 0.0696. The first kappa shape index (κ1) is 11.3. The molecule has 0 aliphatic heterocycles. The lowest BCUT2D eigenvalue weighted by Gasteiger charge is -2.27. The number of hydrogen-bond donors (Lipinski definition) is 1. The van der Waals surface area contributed by atoms with E-state index in [0.29, 0.717) is 11.6 Å². The Balaban J connectivity index is 2.26. The number of carbonyl (C=O) groups is 1. The number of aromatic carboxylic acids is 1. The van der Waals surface area contributed by atoms with Crippen molar-refractivity contribution in [1.82, 2.24) is 9.55 Å². The number of pyridine rings is 1. The van der Waals surface area contributed by atoms with Crippen molar-refractivity contribution in [2.75, 3.05) is 0 Å². The molecular weight excluding hydrogens is 228 g/mol. The number of aryl methyl sites for hydroxylation is 2. The van der Waals surface area contributed by atoms with E-state index in [1.807, 2.05) is 13.8 Å². The van der Waals surface area contributed by atoms with Crippen molar-refractivity contribution < 1.29 is 9.90 Å². The molecule has 94 valence electrons. The van der Waals surface area contributed by atoms with Crippen molar-refractivity contribution in [2.24, 2.45) is 0 Å². The van der Waals surface area contributed by atoms with Crippen LogP contribution in [0.3, 0.4) is 0 Å². The van der Waals surface area contributed by atoms with Gasteiger partial charge in [-0.15, -0.1) is 0 Å². The Bertz CT molecular complexity index is 639. The predicted molar refractivity (Wildman–Crippen MR) is 69.1 cm³/mol. The zero-order valence-electron chi connectivity index (χ0n) is 10.6. The van der Waals surface area contributed by atoms with E-state index in [2.05, 4.69) is 15.7 Å². The van der Waals surface area contributed by atoms with Crippen molar-refractivity contribution in [2.45, 2.75) is 39.2 Å². The van der Waals surface area contributed by atoms with Crippen molar-refractivity contribution in [3.05, 3.63) is 29.1 Å². The third-order valence-corrected chi connectivity index (χ3v) is 3.99. The van der Waals surface area contributed by atoms with Gasteiger partial charge in [-0.2, -0.15) is 0 Å². The standard InChI is InChI=1S/C14H16N2O2/c1-8-7-16(10-4-3-5-10)13-12(8)9(2)11(6-15-13)14(17)18/h6-7,10H,3-5H2,1-2H3,(H,17,18). The minimum Gasteiger partial charge on any atom is -0.478 e. The second kappa shape index (κ2) is 3.83. The fourth-order valence-corrected chi connectivity index (χ4v) is 2.75. The average Bonchev–Trinajstić information content (AvgIpc) is 2.54. The summed E-state index contributed by atoms with van der Waals surface area (Å²) in [5.74, 6) is -0.905. The van der Waals surface area contributed by atoms with Crippen LogP contribution >= 0.6 is 0 Å². The van der Waals surface area contributed by atoms with E-state index >= 15 is 0 Å². The minimum atomic E-state index is -0.905. The second-order valence-corrected chi connectivity index (χ2v) is 5.10. The highest BCUT2D eigenvalue weighted by molar-refractivity contribution is 5.96. The molecule has 0 radical (unpaired) electrons. The fourth-order valence-electron chi connectivity index (χ4n) is 2.75. The lowest BCUT2D eigenvalue weighted by Crippen LogP contribution is -2.16. The van der Waals surface area contributed by atoms with Crippen molar-refractivity contribution >= 4 is 17.0 Å². The summed E-state index contributed by atoms with van der Waals surface area (Å²) >= 11 is 0. The largest absolute Gasteiger partial charge is 0.478 e. The molecular formula is C14H16N2O2. The molecule has 1 aliphatic carbocycles. The molecule has 0 amide bonds. The van der Waals surface area contributed by atoms with Crippen LogP contribution in [0.2, 0.25) is 0 Å². The first-order valence-corrected chi connectivity index (χ1v) is 6.29. The van der Waals surface area contributed by atoms with Gasteiger partial charge in [0.1, 0.15) is 5.65 Å². The van der Waals surface area contributed by atoms with Gasteiger partial charge in [-0.05, 0) is 44.2 Å². The second-order valence-electron chi connectivity index (χ2n) is 5.10. The summed E-state index contributed by atoms with van der Waals surface area (Å²) in [5, 5.41) is 10.1. The minimum absolute atomic E-state index is 0.303. The number of nitrogens with zero attached hydrogens (tertiary/aromatic N) is 2. The molecule has 3 rings (SSSR count). The number of carboxylic acid groups (broad SMARTS) is 1. The van der Waals surface area contributed by atoms with Gasteiger partial charge in [0.25, 0.3) is 0 Å². The molecule has 2 heterocycles. The molecule has 1 aliphatic rings. The van der Waals surface area contributed by atoms with Crippen LogP contribution in [-0.4, -0.2) is 20.6 Å². The molecule has 4 nitrogen and oxygen atoms in total. The van der Waals surface area contributed by atoms with E-state index in [1.165, 1.54) is 25.5 Å². The monoisotopic (exact) mass is 244 g/mol. The Labute approximate surface area is 105 Å². The summed E-state index contributed by atoms with van der Waals surface area (Å²) in [6.45, 7) is 3.89. The van der Waals surface area contributed by atoms with Gasteiger partial charge in [0.2, 0.25) is 0 Å². The zero-order valence-corrected chi connectivity index (χ0v) is 10.6. The molecule has 1 N–H and O–H groups in total. The smallest absolute Gasteiger partial charge is 0.337 e. The van der Waals surface area contributed by atoms with Gasteiger partial charge in [-0.25, -0.2) is 9.78 Å². The highest BCUT2D eigenvalue weighted by Crippen LogP contribution is 2.36. The van der Waals surface area contributed by atoms with E-state index < -0.39 is 5.97 Å². The molecule has 4 heteroatoms. The topological polar surface area (TPSA) is 55.1 Å².